The van der Waals surface area contributed by atoms with E-state index in [0.29, 0.717) is 5.69 Å². The Morgan fingerprint density at radius 3 is 2.88 bits per heavy atom. The first-order valence-electron chi connectivity index (χ1n) is 4.24. The Morgan fingerprint density at radius 2 is 2.31 bits per heavy atom. The SMILES string of the molecule is Nc1cc(C(=O)O)ccc1Sc1ncns1. The van der Waals surface area contributed by atoms with Gasteiger partial charge in [-0.1, -0.05) is 11.8 Å². The maximum Gasteiger partial charge on any atom is 0.335 e. The van der Waals surface area contributed by atoms with Crippen molar-refractivity contribution in [1.82, 2.24) is 9.36 Å². The van der Waals surface area contributed by atoms with E-state index in [-0.39, 0.29) is 5.56 Å². The number of aromatic nitrogens is 2. The Morgan fingerprint density at radius 1 is 1.50 bits per heavy atom. The highest BCUT2D eigenvalue weighted by atomic mass is 32.2. The van der Waals surface area contributed by atoms with Gasteiger partial charge in [0.2, 0.25) is 0 Å². The molecule has 7 heteroatoms. The molecule has 0 aliphatic carbocycles. The van der Waals surface area contributed by atoms with Crippen molar-refractivity contribution in [2.24, 2.45) is 0 Å². The van der Waals surface area contributed by atoms with Crippen molar-refractivity contribution in [3.63, 3.8) is 0 Å². The number of nitrogen functional groups attached to an aromatic ring is 1. The maximum absolute atomic E-state index is 10.7. The Hall–Kier alpha value is -1.60. The molecule has 0 radical (unpaired) electrons. The Balaban J connectivity index is 2.26. The largest absolute Gasteiger partial charge is 0.478 e. The summed E-state index contributed by atoms with van der Waals surface area (Å²) in [4.78, 5) is 15.5. The third kappa shape index (κ3) is 2.31. The summed E-state index contributed by atoms with van der Waals surface area (Å²) >= 11 is 2.64. The lowest BCUT2D eigenvalue weighted by Crippen LogP contribution is -1.98. The van der Waals surface area contributed by atoms with Crippen molar-refractivity contribution < 1.29 is 9.90 Å². The Kier molecular flexibility index (Phi) is 3.07. The zero-order valence-corrected chi connectivity index (χ0v) is 9.59. The molecule has 0 saturated carbocycles. The number of hydrogen-bond acceptors (Lipinski definition) is 6. The third-order valence-corrected chi connectivity index (χ3v) is 3.60. The monoisotopic (exact) mass is 253 g/mol. The molecule has 1 heterocycles. The summed E-state index contributed by atoms with van der Waals surface area (Å²) < 4.78 is 4.64. The van der Waals surface area contributed by atoms with Crippen LogP contribution in [-0.2, 0) is 0 Å². The van der Waals surface area contributed by atoms with Crippen molar-refractivity contribution in [3.8, 4) is 0 Å². The van der Waals surface area contributed by atoms with Crippen molar-refractivity contribution in [2.75, 3.05) is 5.73 Å². The minimum absolute atomic E-state index is 0.180. The quantitative estimate of drug-likeness (QED) is 0.813. The highest BCUT2D eigenvalue weighted by Gasteiger charge is 2.08. The van der Waals surface area contributed by atoms with E-state index in [1.165, 1.54) is 41.8 Å². The number of nitrogens with zero attached hydrogens (tertiary/aromatic N) is 2. The number of anilines is 1. The molecule has 2 rings (SSSR count). The molecule has 2 aromatic rings. The summed E-state index contributed by atoms with van der Waals surface area (Å²) in [6.07, 6.45) is 1.47. The van der Waals surface area contributed by atoms with Crippen molar-refractivity contribution in [2.45, 2.75) is 9.24 Å². The second kappa shape index (κ2) is 4.50. The van der Waals surface area contributed by atoms with E-state index in [4.69, 9.17) is 10.8 Å². The minimum Gasteiger partial charge on any atom is -0.478 e. The molecule has 0 unspecified atom stereocenters. The summed E-state index contributed by atoms with van der Waals surface area (Å²) in [5.41, 5.74) is 6.36. The molecule has 82 valence electrons. The van der Waals surface area contributed by atoms with Crippen LogP contribution in [0.3, 0.4) is 0 Å². The van der Waals surface area contributed by atoms with Gasteiger partial charge in [0.15, 0.2) is 4.34 Å². The lowest BCUT2D eigenvalue weighted by molar-refractivity contribution is 0.0697. The van der Waals surface area contributed by atoms with Gasteiger partial charge in [-0.15, -0.1) is 0 Å². The van der Waals surface area contributed by atoms with Gasteiger partial charge in [-0.3, -0.25) is 0 Å². The van der Waals surface area contributed by atoms with Gasteiger partial charge in [-0.25, -0.2) is 9.78 Å². The number of hydrogen-bond donors (Lipinski definition) is 2. The van der Waals surface area contributed by atoms with Crippen LogP contribution >= 0.6 is 23.3 Å². The van der Waals surface area contributed by atoms with Gasteiger partial charge in [0.1, 0.15) is 6.33 Å². The molecule has 0 aliphatic heterocycles. The summed E-state index contributed by atoms with van der Waals surface area (Å²) in [6.45, 7) is 0. The molecule has 1 aromatic carbocycles. The van der Waals surface area contributed by atoms with E-state index in [1.54, 1.807) is 6.07 Å². The first-order chi connectivity index (χ1) is 7.66. The van der Waals surface area contributed by atoms with E-state index in [9.17, 15) is 4.79 Å². The highest BCUT2D eigenvalue weighted by Crippen LogP contribution is 2.32. The minimum atomic E-state index is -0.987. The van der Waals surface area contributed by atoms with E-state index in [0.717, 1.165) is 9.24 Å². The van der Waals surface area contributed by atoms with Crippen molar-refractivity contribution >= 4 is 35.0 Å². The van der Waals surface area contributed by atoms with Crippen LogP contribution in [0.15, 0.2) is 33.8 Å². The van der Waals surface area contributed by atoms with Crippen LogP contribution in [0.2, 0.25) is 0 Å². The predicted molar refractivity (Wildman–Crippen MR) is 61.8 cm³/mol. The zero-order valence-electron chi connectivity index (χ0n) is 7.95. The molecular formula is C9H7N3O2S2. The average Bonchev–Trinajstić information content (AvgIpc) is 2.73. The molecule has 3 N–H and O–H groups in total. The lowest BCUT2D eigenvalue weighted by atomic mass is 10.2. The predicted octanol–water partition coefficient (Wildman–Crippen LogP) is 1.97. The summed E-state index contributed by atoms with van der Waals surface area (Å²) in [6, 6.07) is 4.62. The first-order valence-corrected chi connectivity index (χ1v) is 5.83. The molecule has 0 aliphatic rings. The standard InChI is InChI=1S/C9H7N3O2S2/c10-6-3-5(8(13)14)1-2-7(6)15-9-11-4-12-16-9/h1-4H,10H2,(H,13,14). The Bertz CT molecular complexity index is 513. The average molecular weight is 253 g/mol. The number of aromatic carboxylic acids is 1. The van der Waals surface area contributed by atoms with Gasteiger partial charge in [0.25, 0.3) is 0 Å². The topological polar surface area (TPSA) is 89.1 Å². The number of carboxylic acids is 1. The normalized spacial score (nSPS) is 10.2. The fourth-order valence-corrected chi connectivity index (χ4v) is 2.50. The van der Waals surface area contributed by atoms with Gasteiger partial charge in [0, 0.05) is 10.6 Å². The fourth-order valence-electron chi connectivity index (χ4n) is 1.08. The van der Waals surface area contributed by atoms with Crippen LogP contribution in [0.25, 0.3) is 0 Å². The van der Waals surface area contributed by atoms with Gasteiger partial charge in [-0.2, -0.15) is 4.37 Å². The summed E-state index contributed by atoms with van der Waals surface area (Å²) in [5.74, 6) is -0.987. The lowest BCUT2D eigenvalue weighted by Gasteiger charge is -2.03. The molecule has 0 atom stereocenters. The third-order valence-electron chi connectivity index (χ3n) is 1.80. The fraction of sp³-hybridized carbons (Fsp3) is 0. The van der Waals surface area contributed by atoms with Crippen LogP contribution < -0.4 is 5.73 Å². The van der Waals surface area contributed by atoms with E-state index in [2.05, 4.69) is 9.36 Å². The summed E-state index contributed by atoms with van der Waals surface area (Å²) in [7, 11) is 0. The smallest absolute Gasteiger partial charge is 0.335 e. The maximum atomic E-state index is 10.7. The number of carbonyl (C=O) groups is 1. The van der Waals surface area contributed by atoms with Crippen LogP contribution in [0.1, 0.15) is 10.4 Å². The molecule has 1 aromatic heterocycles. The number of nitrogens with two attached hydrogens (primary N) is 1. The molecule has 0 amide bonds. The van der Waals surface area contributed by atoms with Crippen molar-refractivity contribution in [1.29, 1.82) is 0 Å². The summed E-state index contributed by atoms with van der Waals surface area (Å²) in [5, 5.41) is 8.77. The number of carboxylic acid groups (broad SMARTS) is 1. The van der Waals surface area contributed by atoms with Gasteiger partial charge in [0.05, 0.1) is 5.56 Å². The van der Waals surface area contributed by atoms with E-state index < -0.39 is 5.97 Å². The molecule has 16 heavy (non-hydrogen) atoms. The van der Waals surface area contributed by atoms with Crippen LogP contribution in [-0.4, -0.2) is 20.4 Å². The zero-order chi connectivity index (χ0) is 11.5. The van der Waals surface area contributed by atoms with Crippen LogP contribution in [0, 0.1) is 0 Å². The Labute approximate surface area is 99.5 Å². The van der Waals surface area contributed by atoms with Crippen LogP contribution in [0.4, 0.5) is 5.69 Å². The van der Waals surface area contributed by atoms with E-state index >= 15 is 0 Å². The van der Waals surface area contributed by atoms with E-state index in [1.807, 2.05) is 0 Å². The first kappa shape index (κ1) is 10.9. The number of rotatable bonds is 3. The second-order valence-corrected chi connectivity index (χ2v) is 4.94. The van der Waals surface area contributed by atoms with Crippen LogP contribution in [0.5, 0.6) is 0 Å². The van der Waals surface area contributed by atoms with Gasteiger partial charge in [-0.05, 0) is 29.7 Å². The van der Waals surface area contributed by atoms with Gasteiger partial charge < -0.3 is 10.8 Å². The highest BCUT2D eigenvalue weighted by molar-refractivity contribution is 8.01. The molecule has 0 fully saturated rings. The molecule has 5 nitrogen and oxygen atoms in total. The number of benzene rings is 1. The van der Waals surface area contributed by atoms with Crippen molar-refractivity contribution in [3.05, 3.63) is 30.1 Å². The molecule has 0 bridgehead atoms. The molecule has 0 spiro atoms. The molecular weight excluding hydrogens is 246 g/mol. The molecule has 0 saturated heterocycles. The van der Waals surface area contributed by atoms with Gasteiger partial charge >= 0.3 is 5.97 Å². The second-order valence-electron chi connectivity index (χ2n) is 2.87.